The van der Waals surface area contributed by atoms with Crippen molar-refractivity contribution < 1.29 is 22.7 Å². The van der Waals surface area contributed by atoms with E-state index < -0.39 is 10.0 Å². The van der Waals surface area contributed by atoms with Crippen LogP contribution in [0, 0.1) is 0 Å². The molecule has 0 saturated heterocycles. The van der Waals surface area contributed by atoms with Gasteiger partial charge in [-0.3, -0.25) is 9.52 Å². The molecule has 0 spiro atoms. The molecule has 0 fully saturated rings. The fraction of sp³-hybridized carbons (Fsp3) is 0.200. The fourth-order valence-corrected chi connectivity index (χ4v) is 5.96. The summed E-state index contributed by atoms with van der Waals surface area (Å²) in [5.74, 6) is 0.992. The molecule has 4 rings (SSSR count). The van der Waals surface area contributed by atoms with Gasteiger partial charge in [-0.15, -0.1) is 0 Å². The Labute approximate surface area is 212 Å². The summed E-state index contributed by atoms with van der Waals surface area (Å²) in [5, 5.41) is 6.02. The highest BCUT2D eigenvalue weighted by atomic mass is 79.9. The Bertz CT molecular complexity index is 1390. The van der Waals surface area contributed by atoms with Crippen LogP contribution in [0.3, 0.4) is 0 Å². The van der Waals surface area contributed by atoms with Gasteiger partial charge in [-0.2, -0.15) is 5.10 Å². The number of benzene rings is 3. The van der Waals surface area contributed by atoms with E-state index in [1.165, 1.54) is 18.0 Å². The number of halogens is 1. The van der Waals surface area contributed by atoms with Crippen molar-refractivity contribution in [3.05, 3.63) is 82.3 Å². The Hall–Kier alpha value is -3.37. The predicted molar refractivity (Wildman–Crippen MR) is 137 cm³/mol. The second kappa shape index (κ2) is 10.1. The summed E-state index contributed by atoms with van der Waals surface area (Å²) in [6.45, 7) is 1.47. The van der Waals surface area contributed by atoms with E-state index in [-0.39, 0.29) is 16.8 Å². The van der Waals surface area contributed by atoms with E-state index >= 15 is 0 Å². The van der Waals surface area contributed by atoms with E-state index in [2.05, 4.69) is 25.8 Å². The van der Waals surface area contributed by atoms with Crippen molar-refractivity contribution in [2.75, 3.05) is 18.9 Å². The van der Waals surface area contributed by atoms with Gasteiger partial charge in [0.15, 0.2) is 11.5 Å². The summed E-state index contributed by atoms with van der Waals surface area (Å²) in [4.78, 5) is 12.5. The van der Waals surface area contributed by atoms with Gasteiger partial charge < -0.3 is 9.47 Å². The predicted octanol–water partition coefficient (Wildman–Crippen LogP) is 4.96. The van der Waals surface area contributed by atoms with Gasteiger partial charge >= 0.3 is 0 Å². The Kier molecular flexibility index (Phi) is 7.13. The molecule has 1 unspecified atom stereocenters. The summed E-state index contributed by atoms with van der Waals surface area (Å²) in [6, 6.07) is 18.7. The van der Waals surface area contributed by atoms with Gasteiger partial charge in [0.1, 0.15) is 4.90 Å². The van der Waals surface area contributed by atoms with Crippen molar-refractivity contribution in [2.24, 2.45) is 5.10 Å². The number of anilines is 1. The summed E-state index contributed by atoms with van der Waals surface area (Å²) in [5.41, 5.74) is 2.82. The van der Waals surface area contributed by atoms with Crippen molar-refractivity contribution in [3.63, 3.8) is 0 Å². The molecule has 3 aromatic carbocycles. The number of sulfonamides is 1. The molecule has 0 aliphatic carbocycles. The molecule has 1 aliphatic rings. The second-order valence-electron chi connectivity index (χ2n) is 7.86. The molecule has 182 valence electrons. The number of carbonyl (C=O) groups excluding carboxylic acids is 1. The van der Waals surface area contributed by atoms with E-state index in [1.54, 1.807) is 62.8 Å². The van der Waals surface area contributed by atoms with E-state index in [4.69, 9.17) is 9.47 Å². The number of amides is 1. The molecule has 8 nitrogen and oxygen atoms in total. The van der Waals surface area contributed by atoms with Crippen molar-refractivity contribution >= 4 is 43.3 Å². The number of hydrogen-bond donors (Lipinski definition) is 1. The Morgan fingerprint density at radius 3 is 2.34 bits per heavy atom. The Balaban J connectivity index is 1.56. The molecule has 35 heavy (non-hydrogen) atoms. The molecule has 1 heterocycles. The third-order valence-electron chi connectivity index (χ3n) is 5.62. The van der Waals surface area contributed by atoms with Crippen LogP contribution >= 0.6 is 15.9 Å². The standard InChI is InChI=1S/C25H24BrN3O5S/c1-16(30)29-22(15-21(27-29)18-10-13-23(33-2)24(14-18)34-3)17-8-11-19(12-9-17)28-35(31,32)25-7-5-4-6-20(25)26/h4-14,22,28H,15H2,1-3H3. The average molecular weight is 558 g/mol. The lowest BCUT2D eigenvalue weighted by molar-refractivity contribution is -0.130. The maximum Gasteiger partial charge on any atom is 0.263 e. The van der Waals surface area contributed by atoms with Gasteiger partial charge in [0.25, 0.3) is 10.0 Å². The average Bonchev–Trinajstić information content (AvgIpc) is 3.30. The zero-order valence-electron chi connectivity index (χ0n) is 19.4. The molecule has 0 saturated carbocycles. The number of nitrogens with zero attached hydrogens (tertiary/aromatic N) is 2. The highest BCUT2D eigenvalue weighted by molar-refractivity contribution is 9.10. The number of carbonyl (C=O) groups is 1. The lowest BCUT2D eigenvalue weighted by Crippen LogP contribution is -2.24. The maximum atomic E-state index is 12.8. The minimum atomic E-state index is -3.76. The quantitative estimate of drug-likeness (QED) is 0.442. The Morgan fingerprint density at radius 1 is 1.03 bits per heavy atom. The van der Waals surface area contributed by atoms with Gasteiger partial charge in [-0.25, -0.2) is 13.4 Å². The topological polar surface area (TPSA) is 97.3 Å². The molecular weight excluding hydrogens is 534 g/mol. The van der Waals surface area contributed by atoms with Crippen LogP contribution in [0.25, 0.3) is 0 Å². The van der Waals surface area contributed by atoms with E-state index in [9.17, 15) is 13.2 Å². The zero-order chi connectivity index (χ0) is 25.2. The van der Waals surface area contributed by atoms with Gasteiger partial charge in [-0.05, 0) is 64.0 Å². The molecule has 0 bridgehead atoms. The van der Waals surface area contributed by atoms with E-state index in [0.29, 0.717) is 28.1 Å². The summed E-state index contributed by atoms with van der Waals surface area (Å²) in [7, 11) is -0.629. The first kappa shape index (κ1) is 24.7. The number of nitrogens with one attached hydrogen (secondary N) is 1. The van der Waals surface area contributed by atoms with Gasteiger partial charge in [0.05, 0.1) is 26.0 Å². The number of rotatable bonds is 7. The lowest BCUT2D eigenvalue weighted by Gasteiger charge is -2.21. The normalized spacial score (nSPS) is 15.5. The first-order chi connectivity index (χ1) is 16.7. The molecule has 0 aromatic heterocycles. The summed E-state index contributed by atoms with van der Waals surface area (Å²) < 4.78 is 39.3. The van der Waals surface area contributed by atoms with Crippen LogP contribution in [0.1, 0.15) is 30.5 Å². The number of methoxy groups -OCH3 is 2. The molecule has 3 aromatic rings. The monoisotopic (exact) mass is 557 g/mol. The number of hydrogen-bond acceptors (Lipinski definition) is 6. The highest BCUT2D eigenvalue weighted by Gasteiger charge is 2.31. The first-order valence-electron chi connectivity index (χ1n) is 10.7. The molecule has 1 aliphatic heterocycles. The summed E-state index contributed by atoms with van der Waals surface area (Å²) in [6.07, 6.45) is 0.497. The minimum Gasteiger partial charge on any atom is -0.493 e. The van der Waals surface area contributed by atoms with Crippen LogP contribution in [0.4, 0.5) is 5.69 Å². The van der Waals surface area contributed by atoms with Gasteiger partial charge in [0.2, 0.25) is 5.91 Å². The van der Waals surface area contributed by atoms with Crippen molar-refractivity contribution in [1.82, 2.24) is 5.01 Å². The van der Waals surface area contributed by atoms with Crippen LogP contribution in [0.2, 0.25) is 0 Å². The van der Waals surface area contributed by atoms with Crippen LogP contribution < -0.4 is 14.2 Å². The molecule has 10 heteroatoms. The van der Waals surface area contributed by atoms with Crippen molar-refractivity contribution in [1.29, 1.82) is 0 Å². The van der Waals surface area contributed by atoms with E-state index in [0.717, 1.165) is 16.8 Å². The minimum absolute atomic E-state index is 0.149. The fourth-order valence-electron chi connectivity index (χ4n) is 3.90. The van der Waals surface area contributed by atoms with Gasteiger partial charge in [0, 0.05) is 29.1 Å². The van der Waals surface area contributed by atoms with Gasteiger partial charge in [-0.1, -0.05) is 24.3 Å². The van der Waals surface area contributed by atoms with Crippen LogP contribution in [-0.4, -0.2) is 39.3 Å². The highest BCUT2D eigenvalue weighted by Crippen LogP contribution is 2.36. The molecule has 1 N–H and O–H groups in total. The van der Waals surface area contributed by atoms with Crippen molar-refractivity contribution in [2.45, 2.75) is 24.3 Å². The number of hydrazone groups is 1. The smallest absolute Gasteiger partial charge is 0.263 e. The Morgan fingerprint density at radius 2 is 1.71 bits per heavy atom. The third-order valence-corrected chi connectivity index (χ3v) is 8.02. The maximum absolute atomic E-state index is 12.8. The molecular formula is C25H24BrN3O5S. The largest absolute Gasteiger partial charge is 0.493 e. The lowest BCUT2D eigenvalue weighted by atomic mass is 9.98. The first-order valence-corrected chi connectivity index (χ1v) is 13.0. The second-order valence-corrected chi connectivity index (χ2v) is 10.4. The van der Waals surface area contributed by atoms with Crippen molar-refractivity contribution in [3.8, 4) is 11.5 Å². The summed E-state index contributed by atoms with van der Waals surface area (Å²) >= 11 is 3.28. The van der Waals surface area contributed by atoms with E-state index in [1.807, 2.05) is 12.1 Å². The molecule has 1 amide bonds. The van der Waals surface area contributed by atoms with Crippen LogP contribution in [0.5, 0.6) is 11.5 Å². The third kappa shape index (κ3) is 5.18. The van der Waals surface area contributed by atoms with Crippen LogP contribution in [0.15, 0.2) is 81.2 Å². The molecule has 0 radical (unpaired) electrons. The zero-order valence-corrected chi connectivity index (χ0v) is 21.8. The molecule has 1 atom stereocenters. The van der Waals surface area contributed by atoms with Crippen LogP contribution in [-0.2, 0) is 14.8 Å². The SMILES string of the molecule is COc1ccc(C2=NN(C(C)=O)C(c3ccc(NS(=O)(=O)c4ccccc4Br)cc3)C2)cc1OC. The number of ether oxygens (including phenoxy) is 2.